The molecule has 0 fully saturated rings. The number of likely N-dealkylation sites (N-methyl/N-ethyl adjacent to an activating group) is 1. The van der Waals surface area contributed by atoms with Gasteiger partial charge in [0.25, 0.3) is 0 Å². The lowest BCUT2D eigenvalue weighted by atomic mass is 10.1. The summed E-state index contributed by atoms with van der Waals surface area (Å²) in [7, 11) is 1.71. The molecule has 4 heteroatoms. The molecule has 2 aliphatic rings. The van der Waals surface area contributed by atoms with E-state index in [2.05, 4.69) is 0 Å². The average Bonchev–Trinajstić information content (AvgIpc) is 2.42. The van der Waals surface area contributed by atoms with Crippen molar-refractivity contribution in [1.82, 2.24) is 4.90 Å². The van der Waals surface area contributed by atoms with Crippen LogP contribution in [0.2, 0.25) is 0 Å². The molecule has 4 nitrogen and oxygen atoms in total. The molecule has 62 valence electrons. The Morgan fingerprint density at radius 1 is 1.33 bits per heavy atom. The normalized spacial score (nSPS) is 21.6. The van der Waals surface area contributed by atoms with Gasteiger partial charge in [0.05, 0.1) is 0 Å². The zero-order valence-corrected chi connectivity index (χ0v) is 6.53. The largest absolute Gasteiger partial charge is 0.467 e. The van der Waals surface area contributed by atoms with E-state index in [0.29, 0.717) is 5.70 Å². The fraction of sp³-hybridized carbons (Fsp3) is 0.250. The maximum Gasteiger partial charge on any atom is 0.222 e. The highest BCUT2D eigenvalue weighted by Crippen LogP contribution is 2.23. The lowest BCUT2D eigenvalue weighted by molar-refractivity contribution is -0.117. The molecule has 12 heavy (non-hydrogen) atoms. The number of carbonyl (C=O) groups is 2. The first-order chi connectivity index (χ1) is 5.70. The zero-order chi connectivity index (χ0) is 8.72. The Morgan fingerprint density at radius 3 is 2.67 bits per heavy atom. The van der Waals surface area contributed by atoms with Gasteiger partial charge >= 0.3 is 0 Å². The van der Waals surface area contributed by atoms with Gasteiger partial charge in [-0.1, -0.05) is 0 Å². The van der Waals surface area contributed by atoms with Crippen LogP contribution in [0.4, 0.5) is 0 Å². The Balaban J connectivity index is 2.49. The van der Waals surface area contributed by atoms with Crippen LogP contribution in [0.25, 0.3) is 0 Å². The first-order valence-corrected chi connectivity index (χ1v) is 3.55. The highest BCUT2D eigenvalue weighted by atomic mass is 16.5. The molecule has 0 atom stereocenters. The van der Waals surface area contributed by atoms with E-state index in [1.165, 1.54) is 12.2 Å². The van der Waals surface area contributed by atoms with E-state index in [4.69, 9.17) is 4.74 Å². The number of ketones is 2. The van der Waals surface area contributed by atoms with Crippen molar-refractivity contribution in [2.75, 3.05) is 13.8 Å². The van der Waals surface area contributed by atoms with Crippen molar-refractivity contribution in [3.63, 3.8) is 0 Å². The molecule has 0 aromatic rings. The van der Waals surface area contributed by atoms with E-state index in [1.54, 1.807) is 11.9 Å². The van der Waals surface area contributed by atoms with Gasteiger partial charge in [0.2, 0.25) is 11.6 Å². The van der Waals surface area contributed by atoms with Gasteiger partial charge in [0.15, 0.2) is 12.5 Å². The summed E-state index contributed by atoms with van der Waals surface area (Å²) in [5.41, 5.74) is 0.377. The molecule has 0 N–H and O–H groups in total. The molecule has 0 radical (unpaired) electrons. The van der Waals surface area contributed by atoms with Crippen LogP contribution in [0.5, 0.6) is 0 Å². The minimum Gasteiger partial charge on any atom is -0.467 e. The van der Waals surface area contributed by atoms with Crippen LogP contribution in [0.3, 0.4) is 0 Å². The monoisotopic (exact) mass is 165 g/mol. The van der Waals surface area contributed by atoms with E-state index in [9.17, 15) is 9.59 Å². The number of nitrogens with zero attached hydrogens (tertiary/aromatic N) is 1. The van der Waals surface area contributed by atoms with Crippen LogP contribution < -0.4 is 0 Å². The van der Waals surface area contributed by atoms with E-state index in [-0.39, 0.29) is 24.1 Å². The van der Waals surface area contributed by atoms with Gasteiger partial charge in [-0.05, 0) is 12.2 Å². The zero-order valence-electron chi connectivity index (χ0n) is 6.53. The van der Waals surface area contributed by atoms with Crippen LogP contribution in [-0.2, 0) is 14.3 Å². The van der Waals surface area contributed by atoms with Gasteiger partial charge in [-0.25, -0.2) is 0 Å². The third-order valence-electron chi connectivity index (χ3n) is 1.84. The minimum absolute atomic E-state index is 0.162. The van der Waals surface area contributed by atoms with Gasteiger partial charge in [-0.3, -0.25) is 9.59 Å². The second kappa shape index (κ2) is 2.20. The van der Waals surface area contributed by atoms with Crippen molar-refractivity contribution >= 4 is 11.6 Å². The Kier molecular flexibility index (Phi) is 1.30. The maximum atomic E-state index is 11.2. The van der Waals surface area contributed by atoms with E-state index in [0.717, 1.165) is 0 Å². The first kappa shape index (κ1) is 7.09. The van der Waals surface area contributed by atoms with E-state index >= 15 is 0 Å². The van der Waals surface area contributed by atoms with Crippen LogP contribution >= 0.6 is 0 Å². The number of hydrogen-bond donors (Lipinski definition) is 0. The highest BCUT2D eigenvalue weighted by molar-refractivity contribution is 6.19. The lowest BCUT2D eigenvalue weighted by Crippen LogP contribution is -2.21. The Bertz CT molecular complexity index is 327. The van der Waals surface area contributed by atoms with Crippen molar-refractivity contribution in [1.29, 1.82) is 0 Å². The molecule has 0 saturated carbocycles. The second-order valence-electron chi connectivity index (χ2n) is 2.71. The molecule has 1 aliphatic heterocycles. The van der Waals surface area contributed by atoms with Crippen molar-refractivity contribution in [3.05, 3.63) is 23.6 Å². The molecule has 0 bridgehead atoms. The fourth-order valence-electron chi connectivity index (χ4n) is 1.26. The van der Waals surface area contributed by atoms with Crippen LogP contribution in [0.15, 0.2) is 23.6 Å². The Hall–Kier alpha value is -1.58. The summed E-state index contributed by atoms with van der Waals surface area (Å²) in [5.74, 6) is -0.205. The molecule has 0 saturated heterocycles. The number of hydrogen-bond acceptors (Lipinski definition) is 4. The number of rotatable bonds is 0. The number of carbonyl (C=O) groups excluding carboxylic acids is 2. The Morgan fingerprint density at radius 2 is 2.00 bits per heavy atom. The SMILES string of the molecule is CN1COC2=C1C(=O)C=CC2=O. The van der Waals surface area contributed by atoms with Crippen LogP contribution in [0, 0.1) is 0 Å². The molecule has 1 heterocycles. The number of allylic oxidation sites excluding steroid dienone is 2. The van der Waals surface area contributed by atoms with Crippen molar-refractivity contribution in [2.45, 2.75) is 0 Å². The quantitative estimate of drug-likeness (QED) is 0.467. The van der Waals surface area contributed by atoms with Crippen LogP contribution in [0.1, 0.15) is 0 Å². The van der Waals surface area contributed by atoms with Gasteiger partial charge in [0.1, 0.15) is 5.70 Å². The number of ether oxygens (including phenoxy) is 1. The van der Waals surface area contributed by atoms with Crippen molar-refractivity contribution in [3.8, 4) is 0 Å². The van der Waals surface area contributed by atoms with Gasteiger partial charge in [0, 0.05) is 7.05 Å². The van der Waals surface area contributed by atoms with Gasteiger partial charge in [-0.2, -0.15) is 0 Å². The molecule has 0 aromatic carbocycles. The summed E-state index contributed by atoms with van der Waals surface area (Å²) in [6, 6.07) is 0. The lowest BCUT2D eigenvalue weighted by Gasteiger charge is -2.10. The summed E-state index contributed by atoms with van der Waals surface area (Å²) < 4.78 is 5.04. The molecule has 0 spiro atoms. The smallest absolute Gasteiger partial charge is 0.222 e. The molecular formula is C8H7NO3. The van der Waals surface area contributed by atoms with E-state index in [1.807, 2.05) is 0 Å². The summed E-state index contributed by atoms with van der Waals surface area (Å²) in [5, 5.41) is 0. The van der Waals surface area contributed by atoms with Crippen LogP contribution in [-0.4, -0.2) is 30.2 Å². The first-order valence-electron chi connectivity index (χ1n) is 3.55. The van der Waals surface area contributed by atoms with Gasteiger partial charge < -0.3 is 9.64 Å². The molecular weight excluding hydrogens is 158 g/mol. The van der Waals surface area contributed by atoms with Crippen molar-refractivity contribution in [2.24, 2.45) is 0 Å². The molecule has 0 amide bonds. The van der Waals surface area contributed by atoms with Gasteiger partial charge in [-0.15, -0.1) is 0 Å². The molecule has 0 unspecified atom stereocenters. The predicted molar refractivity (Wildman–Crippen MR) is 39.9 cm³/mol. The summed E-state index contributed by atoms with van der Waals surface area (Å²) in [6.07, 6.45) is 2.51. The average molecular weight is 165 g/mol. The highest BCUT2D eigenvalue weighted by Gasteiger charge is 2.32. The third kappa shape index (κ3) is 0.777. The van der Waals surface area contributed by atoms with Crippen molar-refractivity contribution < 1.29 is 14.3 Å². The van der Waals surface area contributed by atoms with E-state index < -0.39 is 0 Å². The third-order valence-corrected chi connectivity index (χ3v) is 1.84. The standard InChI is InChI=1S/C8H7NO3/c1-9-4-12-8-6(11)3-2-5(10)7(8)9/h2-3H,4H2,1H3. The second-order valence-corrected chi connectivity index (χ2v) is 2.71. The fourth-order valence-corrected chi connectivity index (χ4v) is 1.26. The summed E-state index contributed by atoms with van der Waals surface area (Å²) in [6.45, 7) is 0.282. The predicted octanol–water partition coefficient (Wildman–Crippen LogP) is -0.175. The summed E-state index contributed by atoms with van der Waals surface area (Å²) >= 11 is 0. The molecule has 0 aromatic heterocycles. The maximum absolute atomic E-state index is 11.2. The molecule has 2 rings (SSSR count). The summed E-state index contributed by atoms with van der Waals surface area (Å²) in [4.78, 5) is 24.0. The molecule has 1 aliphatic carbocycles. The minimum atomic E-state index is -0.228. The topological polar surface area (TPSA) is 46.6 Å². The Labute approximate surface area is 69.1 Å².